The number of hydrogen-bond donors (Lipinski definition) is 5. The lowest BCUT2D eigenvalue weighted by Crippen LogP contribution is -2.10. The summed E-state index contributed by atoms with van der Waals surface area (Å²) in [7, 11) is 0. The van der Waals surface area contributed by atoms with Crippen molar-refractivity contribution in [2.75, 3.05) is 11.5 Å². The Hall–Kier alpha value is -6.35. The van der Waals surface area contributed by atoms with Gasteiger partial charge < -0.3 is 25.5 Å². The highest BCUT2D eigenvalue weighted by molar-refractivity contribution is 9.10. The van der Waals surface area contributed by atoms with Crippen molar-refractivity contribution in [2.24, 2.45) is 0 Å². The first-order chi connectivity index (χ1) is 39.6. The molecule has 0 aliphatic carbocycles. The number of hydrogen-bond acceptors (Lipinski definition) is 15. The van der Waals surface area contributed by atoms with Gasteiger partial charge in [0.15, 0.2) is 28.9 Å². The predicted molar refractivity (Wildman–Crippen MR) is 345 cm³/mol. The number of benzene rings is 5. The summed E-state index contributed by atoms with van der Waals surface area (Å²) in [6.45, 7) is 13.7. The summed E-state index contributed by atoms with van der Waals surface area (Å²) in [6.07, 6.45) is 0. The lowest BCUT2D eigenvalue weighted by Gasteiger charge is -2.19. The highest BCUT2D eigenvalue weighted by Crippen LogP contribution is 2.46. The van der Waals surface area contributed by atoms with Crippen LogP contribution in [0.5, 0.6) is 17.2 Å². The maximum Gasteiger partial charge on any atom is 0.164 e. The fourth-order valence-electron chi connectivity index (χ4n) is 8.11. The van der Waals surface area contributed by atoms with E-state index >= 15 is 0 Å². The second-order valence-electron chi connectivity index (χ2n) is 19.9. The highest BCUT2D eigenvalue weighted by Gasteiger charge is 2.31. The average Bonchev–Trinajstić information content (AvgIpc) is 4.04. The summed E-state index contributed by atoms with van der Waals surface area (Å²) >= 11 is 22.1. The second-order valence-corrected chi connectivity index (χ2v) is 26.5. The van der Waals surface area contributed by atoms with E-state index in [9.17, 15) is 58.3 Å². The lowest BCUT2D eigenvalue weighted by molar-refractivity contribution is -0.114. The molecule has 20 heteroatoms. The van der Waals surface area contributed by atoms with Crippen LogP contribution in [0.25, 0.3) is 31.3 Å². The number of aromatic hydroxyl groups is 3. The lowest BCUT2D eigenvalue weighted by atomic mass is 9.86. The zero-order valence-electron chi connectivity index (χ0n) is 46.5. The van der Waals surface area contributed by atoms with Crippen molar-refractivity contribution in [3.8, 4) is 48.6 Å². The fourth-order valence-corrected chi connectivity index (χ4v) is 14.3. The molecule has 0 amide bonds. The molecule has 0 spiro atoms. The standard InChI is InChI=1S/C16H18O2S.C12H9BrO2S.C12H8Cl2O2S.2C12H11FO2S/c1-10(17)13-9-19-15(14(13)18)11-5-7-12(8-6-11)16(2,3)4;1-7(14)10-6-16-12(11(10)15)8-2-4-9(13)5-3-8;1-6(15)8-5-17-12(11(8)16)7-2-3-9(13)10(14)4-7;1-7(14)10-6-16-12(11(10)15)8-2-4-9(13)5-3-8;1-7(14)10-6-16-12(11(10)15)8-3-2-4-9(13)5-8/h5-9,18H,1-4H3;2-6,15H,1H3;2-5,16H,1H3;2*2-5,12,15H,6H2,1H3. The third-order valence-corrected chi connectivity index (χ3v) is 19.7. The molecule has 5 N–H and O–H groups in total. The number of thiophene rings is 3. The van der Waals surface area contributed by atoms with Crippen molar-refractivity contribution in [1.82, 2.24) is 0 Å². The van der Waals surface area contributed by atoms with Crippen molar-refractivity contribution in [1.29, 1.82) is 0 Å². The monoisotopic (exact) mass is 1330 g/mol. The molecule has 2 aliphatic heterocycles. The Balaban J connectivity index is 0.000000169. The van der Waals surface area contributed by atoms with E-state index in [1.807, 2.05) is 36.4 Å². The molecule has 5 aromatic carbocycles. The van der Waals surface area contributed by atoms with Crippen LogP contribution in [0.3, 0.4) is 0 Å². The van der Waals surface area contributed by atoms with Gasteiger partial charge in [0.25, 0.3) is 0 Å². The summed E-state index contributed by atoms with van der Waals surface area (Å²) in [5.74, 6) is 0.135. The molecule has 438 valence electrons. The number of thioether (sulfide) groups is 2. The normalized spacial score (nSPS) is 14.4. The molecule has 0 bridgehead atoms. The minimum absolute atomic E-state index is 0.000823. The zero-order chi connectivity index (χ0) is 61.9. The summed E-state index contributed by atoms with van der Waals surface area (Å²) in [4.78, 5) is 58.3. The van der Waals surface area contributed by atoms with Gasteiger partial charge in [-0.25, -0.2) is 8.78 Å². The quantitative estimate of drug-likeness (QED) is 0.0817. The van der Waals surface area contributed by atoms with Crippen molar-refractivity contribution >= 4 is 126 Å². The van der Waals surface area contributed by atoms with Crippen molar-refractivity contribution in [2.45, 2.75) is 71.3 Å². The molecule has 0 saturated heterocycles. The second kappa shape index (κ2) is 29.6. The number of aliphatic hydroxyl groups is 2. The van der Waals surface area contributed by atoms with Gasteiger partial charge in [0.1, 0.15) is 40.4 Å². The van der Waals surface area contributed by atoms with Crippen molar-refractivity contribution in [3.05, 3.63) is 214 Å². The van der Waals surface area contributed by atoms with Crippen LogP contribution in [0.15, 0.2) is 159 Å². The number of aliphatic hydroxyl groups excluding tert-OH is 2. The van der Waals surface area contributed by atoms with Gasteiger partial charge in [-0.1, -0.05) is 127 Å². The van der Waals surface area contributed by atoms with Crippen molar-refractivity contribution < 1.29 is 58.3 Å². The van der Waals surface area contributed by atoms with Crippen LogP contribution in [-0.2, 0) is 15.0 Å². The van der Waals surface area contributed by atoms with Gasteiger partial charge >= 0.3 is 0 Å². The van der Waals surface area contributed by atoms with Crippen LogP contribution in [0, 0.1) is 11.6 Å². The fraction of sp³-hybridized carbons (Fsp3) is 0.203. The largest absolute Gasteiger partial charge is 0.510 e. The molecule has 5 heterocycles. The minimum atomic E-state index is -0.331. The van der Waals surface area contributed by atoms with Crippen LogP contribution >= 0.6 is 96.7 Å². The number of ketones is 5. The van der Waals surface area contributed by atoms with E-state index in [1.165, 1.54) is 122 Å². The Morgan fingerprint density at radius 3 is 1.26 bits per heavy atom. The van der Waals surface area contributed by atoms with Crippen molar-refractivity contribution in [3.63, 3.8) is 0 Å². The van der Waals surface area contributed by atoms with Gasteiger partial charge in [0.2, 0.25) is 0 Å². The van der Waals surface area contributed by atoms with Crippen LogP contribution in [0.1, 0.15) is 114 Å². The van der Waals surface area contributed by atoms with E-state index in [-0.39, 0.29) is 85.2 Å². The Morgan fingerprint density at radius 1 is 0.488 bits per heavy atom. The van der Waals surface area contributed by atoms with E-state index in [1.54, 1.807) is 58.6 Å². The van der Waals surface area contributed by atoms with E-state index in [2.05, 4.69) is 48.8 Å². The minimum Gasteiger partial charge on any atom is -0.510 e. The van der Waals surface area contributed by atoms with Crippen LogP contribution < -0.4 is 0 Å². The number of halogens is 5. The first-order valence-corrected chi connectivity index (χ1v) is 31.7. The smallest absolute Gasteiger partial charge is 0.164 e. The molecule has 84 heavy (non-hydrogen) atoms. The molecular formula is C64H57BrCl2F2O10S5. The van der Waals surface area contributed by atoms with Crippen LogP contribution in [0.2, 0.25) is 10.0 Å². The van der Waals surface area contributed by atoms with E-state index < -0.39 is 0 Å². The van der Waals surface area contributed by atoms with Gasteiger partial charge in [-0.15, -0.1) is 57.5 Å². The molecule has 2 atom stereocenters. The third-order valence-electron chi connectivity index (χ3n) is 12.8. The molecule has 2 unspecified atom stereocenters. The van der Waals surface area contributed by atoms with Gasteiger partial charge in [0, 0.05) is 43.3 Å². The highest BCUT2D eigenvalue weighted by atomic mass is 79.9. The van der Waals surface area contributed by atoms with Gasteiger partial charge in [-0.3, -0.25) is 24.0 Å². The number of Topliss-reactive ketones (excluding diaryl/α,β-unsaturated/α-hetero) is 5. The molecule has 10 rings (SSSR count). The van der Waals surface area contributed by atoms with Gasteiger partial charge in [0.05, 0.1) is 51.9 Å². The molecule has 0 fully saturated rings. The maximum absolute atomic E-state index is 13.0. The maximum atomic E-state index is 13.0. The van der Waals surface area contributed by atoms with Gasteiger partial charge in [-0.05, 0) is 122 Å². The zero-order valence-corrected chi connectivity index (χ0v) is 53.7. The Labute approximate surface area is 524 Å². The van der Waals surface area contributed by atoms with Crippen LogP contribution in [0.4, 0.5) is 8.78 Å². The number of carbonyl (C=O) groups is 5. The summed E-state index contributed by atoms with van der Waals surface area (Å²) in [5, 5.41) is 55.0. The van der Waals surface area contributed by atoms with E-state index in [0.717, 1.165) is 36.5 Å². The summed E-state index contributed by atoms with van der Waals surface area (Å²) in [5.41, 5.74) is 7.52. The van der Waals surface area contributed by atoms with E-state index in [0.29, 0.717) is 59.8 Å². The van der Waals surface area contributed by atoms with E-state index in [4.69, 9.17) is 23.2 Å². The molecular weight excluding hydrogens is 1280 g/mol. The molecule has 3 aromatic heterocycles. The Morgan fingerprint density at radius 2 is 0.893 bits per heavy atom. The first-order valence-electron chi connectivity index (χ1n) is 25.5. The Bertz CT molecular complexity index is 3790. The molecule has 0 radical (unpaired) electrons. The first kappa shape index (κ1) is 66.8. The number of rotatable bonds is 10. The average molecular weight is 1340 g/mol. The Kier molecular flexibility index (Phi) is 23.6. The predicted octanol–water partition coefficient (Wildman–Crippen LogP) is 19.4. The summed E-state index contributed by atoms with van der Waals surface area (Å²) in [6, 6.07) is 32.9. The topological polar surface area (TPSA) is 186 Å². The van der Waals surface area contributed by atoms with Crippen LogP contribution in [-0.4, -0.2) is 66.0 Å². The molecule has 2 aliphatic rings. The summed E-state index contributed by atoms with van der Waals surface area (Å²) < 4.78 is 26.8. The SMILES string of the molecule is CC(=O)C1=C(O)C(c2ccc(F)cc2)SC1.CC(=O)C1=C(O)C(c2cccc(F)c2)SC1.CC(=O)c1csc(-c2ccc(Br)cc2)c1O.CC(=O)c1csc(-c2ccc(C(C)(C)C)cc2)c1O.CC(=O)c1csc(-c2ccc(Cl)c(Cl)c2)c1O. The number of carbonyl (C=O) groups excluding carboxylic acids is 5. The van der Waals surface area contributed by atoms with Gasteiger partial charge in [-0.2, -0.15) is 0 Å². The molecule has 10 nitrogen and oxygen atoms in total. The third kappa shape index (κ3) is 17.0. The molecule has 0 saturated carbocycles. The molecule has 8 aromatic rings.